The van der Waals surface area contributed by atoms with E-state index in [4.69, 9.17) is 4.42 Å². The van der Waals surface area contributed by atoms with Gasteiger partial charge in [-0.05, 0) is 18.6 Å². The van der Waals surface area contributed by atoms with Crippen LogP contribution >= 0.6 is 0 Å². The van der Waals surface area contributed by atoms with Crippen LogP contribution in [0, 0.1) is 0 Å². The van der Waals surface area contributed by atoms with E-state index in [0.29, 0.717) is 48.6 Å². The molecule has 0 saturated carbocycles. The van der Waals surface area contributed by atoms with Crippen LogP contribution in [0.4, 0.5) is 5.82 Å². The zero-order valence-corrected chi connectivity index (χ0v) is 17.1. The molecule has 3 aromatic heterocycles. The summed E-state index contributed by atoms with van der Waals surface area (Å²) in [5, 5.41) is 21.7. The molecule has 0 spiro atoms. The Morgan fingerprint density at radius 1 is 1.03 bits per heavy atom. The fourth-order valence-electron chi connectivity index (χ4n) is 3.10. The number of benzene rings is 1. The first-order chi connectivity index (χ1) is 15.6. The van der Waals surface area contributed by atoms with Gasteiger partial charge in [-0.3, -0.25) is 14.4 Å². The molecule has 0 saturated heterocycles. The summed E-state index contributed by atoms with van der Waals surface area (Å²) in [5.41, 5.74) is 0.152. The molecule has 164 valence electrons. The molecule has 0 aliphatic rings. The van der Waals surface area contributed by atoms with Crippen LogP contribution in [-0.4, -0.2) is 44.4 Å². The number of carbonyl (C=O) groups excluding carboxylic acids is 1. The number of nitrogens with zero attached hydrogens (tertiary/aromatic N) is 3. The quantitative estimate of drug-likeness (QED) is 0.286. The third-order valence-electron chi connectivity index (χ3n) is 4.73. The first-order valence-corrected chi connectivity index (χ1v) is 10.1. The standard InChI is InChI=1S/C21H21N7O4/c29-16(8-9-18-25-28-21(32-18)13-6-7-17(30)24-12-13)22-10-3-11-23-19-14-4-1-2-5-15(14)20(31)27-26-19/h1-2,4-7,12H,3,8-11H2,(H,22,29)(H,23,26)(H,24,30)(H,27,31). The Balaban J connectivity index is 1.19. The molecule has 0 unspecified atom stereocenters. The van der Waals surface area contributed by atoms with E-state index < -0.39 is 0 Å². The summed E-state index contributed by atoms with van der Waals surface area (Å²) in [6, 6.07) is 10.2. The first kappa shape index (κ1) is 21.0. The summed E-state index contributed by atoms with van der Waals surface area (Å²) in [7, 11) is 0. The number of H-pyrrole nitrogens is 2. The molecule has 1 aromatic carbocycles. The Labute approximate surface area is 181 Å². The summed E-state index contributed by atoms with van der Waals surface area (Å²) in [4.78, 5) is 37.5. The van der Waals surface area contributed by atoms with E-state index in [0.717, 1.165) is 5.39 Å². The minimum atomic E-state index is -0.231. The van der Waals surface area contributed by atoms with Crippen molar-refractivity contribution in [3.05, 3.63) is 69.2 Å². The van der Waals surface area contributed by atoms with Gasteiger partial charge in [-0.25, -0.2) is 5.10 Å². The second-order valence-corrected chi connectivity index (χ2v) is 7.02. The summed E-state index contributed by atoms with van der Waals surface area (Å²) in [6.45, 7) is 1.06. The van der Waals surface area contributed by atoms with E-state index in [1.54, 1.807) is 18.2 Å². The maximum Gasteiger partial charge on any atom is 0.272 e. The second kappa shape index (κ2) is 9.69. The van der Waals surface area contributed by atoms with Crippen LogP contribution in [0.1, 0.15) is 18.7 Å². The lowest BCUT2D eigenvalue weighted by Crippen LogP contribution is -2.26. The average molecular weight is 435 g/mol. The van der Waals surface area contributed by atoms with Gasteiger partial charge in [0, 0.05) is 43.6 Å². The van der Waals surface area contributed by atoms with Crippen molar-refractivity contribution in [3.8, 4) is 11.5 Å². The molecule has 4 rings (SSSR count). The van der Waals surface area contributed by atoms with E-state index in [2.05, 4.69) is 36.0 Å². The molecule has 0 atom stereocenters. The lowest BCUT2D eigenvalue weighted by Gasteiger charge is -2.08. The van der Waals surface area contributed by atoms with Gasteiger partial charge >= 0.3 is 0 Å². The Hall–Kier alpha value is -4.28. The SMILES string of the molecule is O=C(CCc1nnc(-c2ccc(=O)[nH]c2)o1)NCCCNc1n[nH]c(=O)c2ccccc12. The molecule has 0 fully saturated rings. The lowest BCUT2D eigenvalue weighted by atomic mass is 10.2. The first-order valence-electron chi connectivity index (χ1n) is 10.1. The molecule has 4 aromatic rings. The summed E-state index contributed by atoms with van der Waals surface area (Å²) in [5.74, 6) is 1.10. The number of hydrogen-bond donors (Lipinski definition) is 4. The highest BCUT2D eigenvalue weighted by molar-refractivity contribution is 5.90. The maximum atomic E-state index is 12.1. The van der Waals surface area contributed by atoms with Gasteiger partial charge in [0.1, 0.15) is 0 Å². The van der Waals surface area contributed by atoms with Crippen LogP contribution in [0.25, 0.3) is 22.2 Å². The van der Waals surface area contributed by atoms with Crippen molar-refractivity contribution in [2.75, 3.05) is 18.4 Å². The van der Waals surface area contributed by atoms with Gasteiger partial charge in [-0.2, -0.15) is 5.10 Å². The third kappa shape index (κ3) is 5.06. The highest BCUT2D eigenvalue weighted by atomic mass is 16.4. The number of carbonyl (C=O) groups is 1. The molecule has 11 nitrogen and oxygen atoms in total. The summed E-state index contributed by atoms with van der Waals surface area (Å²) in [6.07, 6.45) is 2.70. The van der Waals surface area contributed by atoms with Gasteiger partial charge in [0.2, 0.25) is 23.2 Å². The van der Waals surface area contributed by atoms with Gasteiger partial charge in [0.05, 0.1) is 10.9 Å². The third-order valence-corrected chi connectivity index (χ3v) is 4.73. The number of aromatic nitrogens is 5. The fraction of sp³-hybridized carbons (Fsp3) is 0.238. The number of nitrogens with one attached hydrogen (secondary N) is 4. The number of aryl methyl sites for hydroxylation is 1. The van der Waals surface area contributed by atoms with Gasteiger partial charge in [0.25, 0.3) is 5.56 Å². The number of hydrogen-bond acceptors (Lipinski definition) is 8. The molecule has 0 bridgehead atoms. The van der Waals surface area contributed by atoms with Gasteiger partial charge in [-0.15, -0.1) is 10.2 Å². The normalized spacial score (nSPS) is 10.9. The van der Waals surface area contributed by atoms with Crippen LogP contribution in [0.3, 0.4) is 0 Å². The number of pyridine rings is 1. The van der Waals surface area contributed by atoms with E-state index in [-0.39, 0.29) is 29.3 Å². The number of aromatic amines is 2. The van der Waals surface area contributed by atoms with Gasteiger partial charge in [-0.1, -0.05) is 18.2 Å². The topological polar surface area (TPSA) is 159 Å². The molecule has 0 aliphatic heterocycles. The van der Waals surface area contributed by atoms with E-state index in [1.165, 1.54) is 12.3 Å². The number of anilines is 1. The van der Waals surface area contributed by atoms with Crippen molar-refractivity contribution in [3.63, 3.8) is 0 Å². The zero-order chi connectivity index (χ0) is 22.3. The zero-order valence-electron chi connectivity index (χ0n) is 17.1. The number of amides is 1. The van der Waals surface area contributed by atoms with Crippen molar-refractivity contribution >= 4 is 22.5 Å². The Morgan fingerprint density at radius 3 is 2.69 bits per heavy atom. The Morgan fingerprint density at radius 2 is 1.88 bits per heavy atom. The summed E-state index contributed by atoms with van der Waals surface area (Å²) >= 11 is 0. The van der Waals surface area contributed by atoms with Crippen LogP contribution in [0.15, 0.2) is 56.6 Å². The van der Waals surface area contributed by atoms with E-state index in [9.17, 15) is 14.4 Å². The van der Waals surface area contributed by atoms with Crippen LogP contribution in [-0.2, 0) is 11.2 Å². The lowest BCUT2D eigenvalue weighted by molar-refractivity contribution is -0.121. The Kier molecular flexibility index (Phi) is 6.35. The molecule has 3 heterocycles. The molecule has 11 heteroatoms. The molecular weight excluding hydrogens is 414 g/mol. The van der Waals surface area contributed by atoms with Gasteiger partial charge in [0.15, 0.2) is 5.82 Å². The van der Waals surface area contributed by atoms with Crippen LogP contribution < -0.4 is 21.8 Å². The molecule has 1 amide bonds. The molecule has 4 N–H and O–H groups in total. The van der Waals surface area contributed by atoms with Crippen LogP contribution in [0.2, 0.25) is 0 Å². The predicted octanol–water partition coefficient (Wildman–Crippen LogP) is 1.21. The van der Waals surface area contributed by atoms with Crippen molar-refractivity contribution in [2.24, 2.45) is 0 Å². The highest BCUT2D eigenvalue weighted by Crippen LogP contribution is 2.17. The number of fused-ring (bicyclic) bond motifs is 1. The molecular formula is C21H21N7O4. The average Bonchev–Trinajstić information content (AvgIpc) is 3.28. The second-order valence-electron chi connectivity index (χ2n) is 7.02. The largest absolute Gasteiger partial charge is 0.421 e. The van der Waals surface area contributed by atoms with Gasteiger partial charge < -0.3 is 20.0 Å². The van der Waals surface area contributed by atoms with Crippen molar-refractivity contribution in [1.29, 1.82) is 0 Å². The molecule has 0 aliphatic carbocycles. The van der Waals surface area contributed by atoms with E-state index >= 15 is 0 Å². The predicted molar refractivity (Wildman–Crippen MR) is 117 cm³/mol. The molecule has 32 heavy (non-hydrogen) atoms. The van der Waals surface area contributed by atoms with Crippen molar-refractivity contribution in [2.45, 2.75) is 19.3 Å². The number of rotatable bonds is 9. The monoisotopic (exact) mass is 435 g/mol. The fourth-order valence-corrected chi connectivity index (χ4v) is 3.10. The Bertz CT molecular complexity index is 1320. The highest BCUT2D eigenvalue weighted by Gasteiger charge is 2.11. The smallest absolute Gasteiger partial charge is 0.272 e. The van der Waals surface area contributed by atoms with Crippen molar-refractivity contribution < 1.29 is 9.21 Å². The van der Waals surface area contributed by atoms with Crippen molar-refractivity contribution in [1.82, 2.24) is 30.7 Å². The summed E-state index contributed by atoms with van der Waals surface area (Å²) < 4.78 is 5.53. The molecule has 0 radical (unpaired) electrons. The maximum absolute atomic E-state index is 12.1. The minimum Gasteiger partial charge on any atom is -0.421 e. The van der Waals surface area contributed by atoms with E-state index in [1.807, 2.05) is 12.1 Å². The minimum absolute atomic E-state index is 0.124. The van der Waals surface area contributed by atoms with Crippen LogP contribution in [0.5, 0.6) is 0 Å².